The quantitative estimate of drug-likeness (QED) is 0.765. The van der Waals surface area contributed by atoms with E-state index in [1.54, 1.807) is 0 Å². The van der Waals surface area contributed by atoms with Crippen molar-refractivity contribution in [2.24, 2.45) is 11.8 Å². The normalized spacial score (nSPS) is 18.8. The van der Waals surface area contributed by atoms with E-state index in [0.29, 0.717) is 0 Å². The first kappa shape index (κ1) is 12.6. The molecule has 17 heavy (non-hydrogen) atoms. The molecule has 0 aromatic heterocycles. The predicted octanol–water partition coefficient (Wildman–Crippen LogP) is 3.60. The lowest BCUT2D eigenvalue weighted by molar-refractivity contribution is 0.167. The average Bonchev–Trinajstić information content (AvgIpc) is 2.32. The minimum Gasteiger partial charge on any atom is -0.303 e. The van der Waals surface area contributed by atoms with Crippen molar-refractivity contribution in [3.8, 4) is 0 Å². The summed E-state index contributed by atoms with van der Waals surface area (Å²) in [7, 11) is 0. The molecular formula is C16H25N. The second-order valence-corrected chi connectivity index (χ2v) is 5.83. The fourth-order valence-corrected chi connectivity index (χ4v) is 2.84. The summed E-state index contributed by atoms with van der Waals surface area (Å²) in [6.07, 6.45) is 4.03. The zero-order chi connectivity index (χ0) is 12.1. The zero-order valence-corrected chi connectivity index (χ0v) is 11.2. The Hall–Kier alpha value is -0.820. The van der Waals surface area contributed by atoms with Crippen molar-refractivity contribution in [3.63, 3.8) is 0 Å². The predicted molar refractivity (Wildman–Crippen MR) is 74.1 cm³/mol. The van der Waals surface area contributed by atoms with Crippen LogP contribution in [0.5, 0.6) is 0 Å². The van der Waals surface area contributed by atoms with Crippen molar-refractivity contribution >= 4 is 0 Å². The molecule has 1 nitrogen and oxygen atoms in total. The van der Waals surface area contributed by atoms with Crippen molar-refractivity contribution in [2.45, 2.75) is 33.1 Å². The van der Waals surface area contributed by atoms with Gasteiger partial charge in [0.15, 0.2) is 0 Å². The molecule has 1 aromatic rings. The Balaban J connectivity index is 1.76. The maximum atomic E-state index is 2.63. The summed E-state index contributed by atoms with van der Waals surface area (Å²) in [5, 5.41) is 0. The van der Waals surface area contributed by atoms with E-state index in [4.69, 9.17) is 0 Å². The molecular weight excluding hydrogens is 206 g/mol. The Morgan fingerprint density at radius 3 is 2.35 bits per heavy atom. The molecule has 0 amide bonds. The fourth-order valence-electron chi connectivity index (χ4n) is 2.84. The Morgan fingerprint density at radius 2 is 1.76 bits per heavy atom. The molecule has 0 atom stereocenters. The fraction of sp³-hybridized carbons (Fsp3) is 0.625. The molecule has 0 spiro atoms. The number of benzene rings is 1. The van der Waals surface area contributed by atoms with Crippen molar-refractivity contribution in [3.05, 3.63) is 35.9 Å². The van der Waals surface area contributed by atoms with Crippen LogP contribution in [0.2, 0.25) is 0 Å². The van der Waals surface area contributed by atoms with Crippen LogP contribution in [0.3, 0.4) is 0 Å². The van der Waals surface area contributed by atoms with E-state index in [0.717, 1.165) is 11.8 Å². The zero-order valence-electron chi connectivity index (χ0n) is 11.2. The summed E-state index contributed by atoms with van der Waals surface area (Å²) in [5.74, 6) is 1.71. The van der Waals surface area contributed by atoms with Gasteiger partial charge in [0.05, 0.1) is 0 Å². The third kappa shape index (κ3) is 4.16. The second kappa shape index (κ2) is 6.20. The monoisotopic (exact) mass is 231 g/mol. The van der Waals surface area contributed by atoms with Crippen LogP contribution in [0.1, 0.15) is 32.3 Å². The van der Waals surface area contributed by atoms with Crippen molar-refractivity contribution in [2.75, 3.05) is 19.6 Å². The smallest absolute Gasteiger partial charge is 0.000439 e. The maximum Gasteiger partial charge on any atom is 0.000439 e. The number of hydrogen-bond donors (Lipinski definition) is 0. The van der Waals surface area contributed by atoms with E-state index < -0.39 is 0 Å². The molecule has 1 heterocycles. The van der Waals surface area contributed by atoms with E-state index >= 15 is 0 Å². The SMILES string of the molecule is CC(C)CN1CCC(Cc2ccccc2)CC1. The van der Waals surface area contributed by atoms with Gasteiger partial charge in [0, 0.05) is 6.54 Å². The van der Waals surface area contributed by atoms with Gasteiger partial charge < -0.3 is 4.90 Å². The van der Waals surface area contributed by atoms with E-state index in [-0.39, 0.29) is 0 Å². The molecule has 0 N–H and O–H groups in total. The first-order valence-electron chi connectivity index (χ1n) is 7.00. The molecule has 1 saturated heterocycles. The third-order valence-corrected chi connectivity index (χ3v) is 3.70. The highest BCUT2D eigenvalue weighted by molar-refractivity contribution is 5.15. The lowest BCUT2D eigenvalue weighted by Crippen LogP contribution is -2.36. The van der Waals surface area contributed by atoms with Crippen LogP contribution >= 0.6 is 0 Å². The average molecular weight is 231 g/mol. The lowest BCUT2D eigenvalue weighted by atomic mass is 9.90. The number of piperidine rings is 1. The summed E-state index contributed by atoms with van der Waals surface area (Å²) in [6, 6.07) is 10.9. The summed E-state index contributed by atoms with van der Waals surface area (Å²) in [6.45, 7) is 8.51. The van der Waals surface area contributed by atoms with Gasteiger partial charge in [0.2, 0.25) is 0 Å². The largest absolute Gasteiger partial charge is 0.303 e. The summed E-state index contributed by atoms with van der Waals surface area (Å²) in [4.78, 5) is 2.63. The Kier molecular flexibility index (Phi) is 4.61. The minimum atomic E-state index is 0.806. The first-order valence-corrected chi connectivity index (χ1v) is 7.00. The van der Waals surface area contributed by atoms with Gasteiger partial charge in [0.25, 0.3) is 0 Å². The summed E-state index contributed by atoms with van der Waals surface area (Å²) >= 11 is 0. The van der Waals surface area contributed by atoms with Gasteiger partial charge in [0.1, 0.15) is 0 Å². The highest BCUT2D eigenvalue weighted by Gasteiger charge is 2.19. The standard InChI is InChI=1S/C16H25N/c1-14(2)13-17-10-8-16(9-11-17)12-15-6-4-3-5-7-15/h3-7,14,16H,8-13H2,1-2H3. The van der Waals surface area contributed by atoms with Crippen LogP contribution in [0, 0.1) is 11.8 Å². The van der Waals surface area contributed by atoms with Gasteiger partial charge in [-0.2, -0.15) is 0 Å². The molecule has 94 valence electrons. The van der Waals surface area contributed by atoms with Gasteiger partial charge in [-0.05, 0) is 49.8 Å². The highest BCUT2D eigenvalue weighted by atomic mass is 15.1. The van der Waals surface area contributed by atoms with E-state index in [2.05, 4.69) is 49.1 Å². The topological polar surface area (TPSA) is 3.24 Å². The van der Waals surface area contributed by atoms with Crippen LogP contribution in [0.15, 0.2) is 30.3 Å². The highest BCUT2D eigenvalue weighted by Crippen LogP contribution is 2.22. The van der Waals surface area contributed by atoms with E-state index in [1.807, 2.05) is 0 Å². The van der Waals surface area contributed by atoms with Crippen LogP contribution in [-0.2, 0) is 6.42 Å². The molecule has 0 unspecified atom stereocenters. The number of hydrogen-bond acceptors (Lipinski definition) is 1. The van der Waals surface area contributed by atoms with Gasteiger partial charge in [-0.1, -0.05) is 44.2 Å². The Labute approximate surface area is 106 Å². The number of likely N-dealkylation sites (tertiary alicyclic amines) is 1. The molecule has 1 aliphatic heterocycles. The van der Waals surface area contributed by atoms with Crippen LogP contribution in [-0.4, -0.2) is 24.5 Å². The molecule has 1 fully saturated rings. The first-order chi connectivity index (χ1) is 8.24. The second-order valence-electron chi connectivity index (χ2n) is 5.83. The molecule has 2 rings (SSSR count). The minimum absolute atomic E-state index is 0.806. The van der Waals surface area contributed by atoms with Crippen LogP contribution < -0.4 is 0 Å². The maximum absolute atomic E-state index is 2.63. The Bertz CT molecular complexity index is 310. The van der Waals surface area contributed by atoms with Gasteiger partial charge >= 0.3 is 0 Å². The Morgan fingerprint density at radius 1 is 1.12 bits per heavy atom. The molecule has 1 aliphatic rings. The van der Waals surface area contributed by atoms with Crippen LogP contribution in [0.4, 0.5) is 0 Å². The van der Waals surface area contributed by atoms with Gasteiger partial charge in [-0.25, -0.2) is 0 Å². The molecule has 0 bridgehead atoms. The van der Waals surface area contributed by atoms with Gasteiger partial charge in [-0.15, -0.1) is 0 Å². The lowest BCUT2D eigenvalue weighted by Gasteiger charge is -2.33. The summed E-state index contributed by atoms with van der Waals surface area (Å²) < 4.78 is 0. The van der Waals surface area contributed by atoms with Crippen molar-refractivity contribution in [1.82, 2.24) is 4.90 Å². The molecule has 0 aliphatic carbocycles. The van der Waals surface area contributed by atoms with E-state index in [1.165, 1.54) is 44.5 Å². The van der Waals surface area contributed by atoms with Crippen LogP contribution in [0.25, 0.3) is 0 Å². The molecule has 0 radical (unpaired) electrons. The number of nitrogens with zero attached hydrogens (tertiary/aromatic N) is 1. The molecule has 1 aromatic carbocycles. The molecule has 1 heteroatoms. The third-order valence-electron chi connectivity index (χ3n) is 3.70. The van der Waals surface area contributed by atoms with Gasteiger partial charge in [-0.3, -0.25) is 0 Å². The van der Waals surface area contributed by atoms with Crippen molar-refractivity contribution < 1.29 is 0 Å². The summed E-state index contributed by atoms with van der Waals surface area (Å²) in [5.41, 5.74) is 1.51. The number of rotatable bonds is 4. The van der Waals surface area contributed by atoms with E-state index in [9.17, 15) is 0 Å². The molecule has 0 saturated carbocycles. The van der Waals surface area contributed by atoms with Crippen molar-refractivity contribution in [1.29, 1.82) is 0 Å².